The van der Waals surface area contributed by atoms with Crippen molar-refractivity contribution in [1.29, 1.82) is 0 Å². The van der Waals surface area contributed by atoms with E-state index in [0.29, 0.717) is 44.2 Å². The van der Waals surface area contributed by atoms with E-state index in [9.17, 15) is 14.7 Å². The summed E-state index contributed by atoms with van der Waals surface area (Å²) in [6, 6.07) is 3.02. The second-order valence-electron chi connectivity index (χ2n) is 6.22. The fourth-order valence-corrected chi connectivity index (χ4v) is 3.04. The molecule has 0 aliphatic carbocycles. The number of ether oxygens (including phenoxy) is 3. The molecule has 1 aliphatic heterocycles. The van der Waals surface area contributed by atoms with Gasteiger partial charge in [-0.25, -0.2) is 0 Å². The first-order valence-electron chi connectivity index (χ1n) is 8.53. The number of carboxylic acids is 1. The molecular weight excluding hydrogens is 362 g/mol. The molecule has 0 atom stereocenters. The molecule has 0 aromatic heterocycles. The van der Waals surface area contributed by atoms with Gasteiger partial charge in [-0.05, 0) is 31.4 Å². The summed E-state index contributed by atoms with van der Waals surface area (Å²) in [5.41, 5.74) is -0.727. The summed E-state index contributed by atoms with van der Waals surface area (Å²) in [5.74, 6) is -0.603. The van der Waals surface area contributed by atoms with Gasteiger partial charge in [0.2, 0.25) is 0 Å². The van der Waals surface area contributed by atoms with Crippen LogP contribution in [0.3, 0.4) is 0 Å². The number of halogens is 1. The van der Waals surface area contributed by atoms with Gasteiger partial charge in [0.15, 0.2) is 11.5 Å². The highest BCUT2D eigenvalue weighted by Crippen LogP contribution is 2.37. The smallest absolute Gasteiger partial charge is 0.311 e. The van der Waals surface area contributed by atoms with Crippen LogP contribution in [0.25, 0.3) is 0 Å². The summed E-state index contributed by atoms with van der Waals surface area (Å²) in [6.45, 7) is 3.21. The van der Waals surface area contributed by atoms with Crippen LogP contribution in [-0.4, -0.2) is 50.5 Å². The lowest BCUT2D eigenvalue weighted by Gasteiger charge is -2.33. The van der Waals surface area contributed by atoms with Crippen LogP contribution in [-0.2, 0) is 9.53 Å². The van der Waals surface area contributed by atoms with Crippen molar-refractivity contribution in [3.63, 3.8) is 0 Å². The molecule has 0 saturated carbocycles. The summed E-state index contributed by atoms with van der Waals surface area (Å²) < 4.78 is 16.1. The molecule has 0 unspecified atom stereocenters. The summed E-state index contributed by atoms with van der Waals surface area (Å²) in [4.78, 5) is 24.2. The van der Waals surface area contributed by atoms with E-state index in [1.54, 1.807) is 0 Å². The third kappa shape index (κ3) is 4.59. The van der Waals surface area contributed by atoms with Crippen LogP contribution in [0.4, 0.5) is 0 Å². The van der Waals surface area contributed by atoms with Gasteiger partial charge in [0, 0.05) is 25.3 Å². The van der Waals surface area contributed by atoms with Gasteiger partial charge >= 0.3 is 5.97 Å². The molecule has 26 heavy (non-hydrogen) atoms. The Bertz CT molecular complexity index is 657. The molecule has 0 spiro atoms. The topological polar surface area (TPSA) is 94.1 Å². The summed E-state index contributed by atoms with van der Waals surface area (Å²) in [5, 5.41) is 12.5. The van der Waals surface area contributed by atoms with E-state index >= 15 is 0 Å². The molecule has 1 fully saturated rings. The number of benzene rings is 1. The molecule has 7 nitrogen and oxygen atoms in total. The van der Waals surface area contributed by atoms with E-state index in [1.165, 1.54) is 19.2 Å². The number of amides is 1. The Kier molecular flexibility index (Phi) is 7.11. The van der Waals surface area contributed by atoms with Crippen LogP contribution >= 0.6 is 11.6 Å². The predicted octanol–water partition coefficient (Wildman–Crippen LogP) is 2.75. The fraction of sp³-hybridized carbons (Fsp3) is 0.556. The third-order valence-electron chi connectivity index (χ3n) is 4.43. The zero-order valence-electron chi connectivity index (χ0n) is 15.0. The Labute approximate surface area is 157 Å². The quantitative estimate of drug-likeness (QED) is 0.714. The SMILES string of the molecule is CCCOc1c(Cl)cc(C(=O)NCC2(C(=O)O)CCOCC2)cc1OC. The first-order chi connectivity index (χ1) is 12.4. The number of hydrogen-bond donors (Lipinski definition) is 2. The van der Waals surface area contributed by atoms with Gasteiger partial charge in [0.05, 0.1) is 24.2 Å². The van der Waals surface area contributed by atoms with Gasteiger partial charge in [-0.15, -0.1) is 0 Å². The largest absolute Gasteiger partial charge is 0.493 e. The van der Waals surface area contributed by atoms with E-state index in [-0.39, 0.29) is 17.1 Å². The second-order valence-corrected chi connectivity index (χ2v) is 6.63. The van der Waals surface area contributed by atoms with Gasteiger partial charge in [-0.3, -0.25) is 9.59 Å². The second kappa shape index (κ2) is 9.09. The summed E-state index contributed by atoms with van der Waals surface area (Å²) in [6.07, 6.45) is 1.52. The van der Waals surface area contributed by atoms with Gasteiger partial charge < -0.3 is 24.6 Å². The van der Waals surface area contributed by atoms with E-state index in [2.05, 4.69) is 5.32 Å². The first kappa shape index (κ1) is 20.3. The highest BCUT2D eigenvalue weighted by atomic mass is 35.5. The minimum atomic E-state index is -1.01. The van der Waals surface area contributed by atoms with Crippen molar-refractivity contribution in [3.05, 3.63) is 22.7 Å². The molecular formula is C18H24ClNO6. The number of aliphatic carboxylic acids is 1. The Morgan fingerprint density at radius 1 is 1.35 bits per heavy atom. The number of rotatable bonds is 8. The van der Waals surface area contributed by atoms with Crippen molar-refractivity contribution in [3.8, 4) is 11.5 Å². The Balaban J connectivity index is 2.13. The zero-order chi connectivity index (χ0) is 19.2. The number of carboxylic acid groups (broad SMARTS) is 1. The number of methoxy groups -OCH3 is 1. The van der Waals surface area contributed by atoms with Crippen molar-refractivity contribution >= 4 is 23.5 Å². The molecule has 144 valence electrons. The monoisotopic (exact) mass is 385 g/mol. The number of carbonyl (C=O) groups excluding carboxylic acids is 1. The first-order valence-corrected chi connectivity index (χ1v) is 8.91. The van der Waals surface area contributed by atoms with Crippen LogP contribution in [0.5, 0.6) is 11.5 Å². The minimum Gasteiger partial charge on any atom is -0.493 e. The van der Waals surface area contributed by atoms with E-state index in [0.717, 1.165) is 6.42 Å². The lowest BCUT2D eigenvalue weighted by molar-refractivity contribution is -0.154. The molecule has 1 heterocycles. The van der Waals surface area contributed by atoms with E-state index < -0.39 is 17.3 Å². The Morgan fingerprint density at radius 2 is 2.04 bits per heavy atom. The van der Waals surface area contributed by atoms with Crippen LogP contribution < -0.4 is 14.8 Å². The molecule has 1 aromatic carbocycles. The maximum absolute atomic E-state index is 12.5. The molecule has 2 rings (SSSR count). The van der Waals surface area contributed by atoms with Gasteiger partial charge in [-0.1, -0.05) is 18.5 Å². The standard InChI is InChI=1S/C18H24ClNO6/c1-3-6-26-15-13(19)9-12(10-14(15)24-2)16(21)20-11-18(17(22)23)4-7-25-8-5-18/h9-10H,3-8,11H2,1-2H3,(H,20,21)(H,22,23). The molecule has 1 amide bonds. The number of nitrogens with one attached hydrogen (secondary N) is 1. The van der Waals surface area contributed by atoms with E-state index in [4.69, 9.17) is 25.8 Å². The van der Waals surface area contributed by atoms with E-state index in [1.807, 2.05) is 6.92 Å². The fourth-order valence-electron chi connectivity index (χ4n) is 2.78. The van der Waals surface area contributed by atoms with Crippen molar-refractivity contribution in [2.45, 2.75) is 26.2 Å². The molecule has 1 aliphatic rings. The maximum atomic E-state index is 12.5. The Morgan fingerprint density at radius 3 is 2.62 bits per heavy atom. The highest BCUT2D eigenvalue weighted by Gasteiger charge is 2.40. The summed E-state index contributed by atoms with van der Waals surface area (Å²) >= 11 is 6.22. The van der Waals surface area contributed by atoms with Gasteiger partial charge in [-0.2, -0.15) is 0 Å². The number of hydrogen-bond acceptors (Lipinski definition) is 5. The van der Waals surface area contributed by atoms with Crippen LogP contribution in [0.2, 0.25) is 5.02 Å². The third-order valence-corrected chi connectivity index (χ3v) is 4.71. The average molecular weight is 386 g/mol. The average Bonchev–Trinajstić information content (AvgIpc) is 2.65. The highest BCUT2D eigenvalue weighted by molar-refractivity contribution is 6.32. The van der Waals surface area contributed by atoms with Crippen molar-refractivity contribution < 1.29 is 28.9 Å². The van der Waals surface area contributed by atoms with Gasteiger partial charge in [0.25, 0.3) is 5.91 Å². The van der Waals surface area contributed by atoms with Crippen LogP contribution in [0.1, 0.15) is 36.5 Å². The molecule has 1 aromatic rings. The lowest BCUT2D eigenvalue weighted by Crippen LogP contribution is -2.46. The maximum Gasteiger partial charge on any atom is 0.311 e. The van der Waals surface area contributed by atoms with Crippen molar-refractivity contribution in [2.24, 2.45) is 5.41 Å². The predicted molar refractivity (Wildman–Crippen MR) is 96.2 cm³/mol. The molecule has 0 bridgehead atoms. The zero-order valence-corrected chi connectivity index (χ0v) is 15.7. The minimum absolute atomic E-state index is 0.0263. The number of carbonyl (C=O) groups is 2. The summed E-state index contributed by atoms with van der Waals surface area (Å²) in [7, 11) is 1.47. The van der Waals surface area contributed by atoms with Crippen molar-refractivity contribution in [1.82, 2.24) is 5.32 Å². The molecule has 2 N–H and O–H groups in total. The van der Waals surface area contributed by atoms with Crippen molar-refractivity contribution in [2.75, 3.05) is 33.5 Å². The normalized spacial score (nSPS) is 16.0. The lowest BCUT2D eigenvalue weighted by atomic mass is 9.80. The van der Waals surface area contributed by atoms with Crippen LogP contribution in [0.15, 0.2) is 12.1 Å². The molecule has 0 radical (unpaired) electrons. The molecule has 8 heteroatoms. The van der Waals surface area contributed by atoms with Gasteiger partial charge in [0.1, 0.15) is 0 Å². The van der Waals surface area contributed by atoms with Crippen LogP contribution in [0, 0.1) is 5.41 Å². The molecule has 1 saturated heterocycles. The Hall–Kier alpha value is -1.99.